The lowest BCUT2D eigenvalue weighted by atomic mass is 9.74. The van der Waals surface area contributed by atoms with E-state index in [1.54, 1.807) is 0 Å². The highest BCUT2D eigenvalue weighted by Gasteiger charge is 2.59. The molecule has 15 aromatic rings. The fourth-order valence-electron chi connectivity index (χ4n) is 19.9. The van der Waals surface area contributed by atoms with Crippen molar-refractivity contribution in [3.8, 4) is 112 Å². The van der Waals surface area contributed by atoms with Gasteiger partial charge in [-0.1, -0.05) is 255 Å². The number of rotatable bonds is 22. The molecule has 4 aliphatic rings. The maximum atomic E-state index is 15.7. The summed E-state index contributed by atoms with van der Waals surface area (Å²) in [5, 5.41) is 0. The second-order valence-corrected chi connectivity index (χ2v) is 31.4. The number of nitrogens with zero attached hydrogens (tertiary/aromatic N) is 6. The summed E-state index contributed by atoms with van der Waals surface area (Å²) in [7, 11) is 0. The summed E-state index contributed by atoms with van der Waals surface area (Å²) >= 11 is 0. The van der Waals surface area contributed by atoms with Gasteiger partial charge in [0.15, 0.2) is 0 Å². The monoisotopic (exact) mass is 1560 g/mol. The molecule has 2 spiro atoms. The highest BCUT2D eigenvalue weighted by Crippen LogP contribution is 2.63. The van der Waals surface area contributed by atoms with Crippen LogP contribution in [0.2, 0.25) is 0 Å². The summed E-state index contributed by atoms with van der Waals surface area (Å²) in [4.78, 5) is 44.9. The molecule has 0 unspecified atom stereocenters. The second kappa shape index (κ2) is 31.5. The lowest BCUT2D eigenvalue weighted by molar-refractivity contribution is 0.0977. The molecule has 0 aromatic heterocycles. The maximum absolute atomic E-state index is 15.7. The molecule has 0 fully saturated rings. The molecule has 2 amide bonds. The Labute approximate surface area is 705 Å². The normalized spacial score (nSPS) is 13.5. The zero-order valence-electron chi connectivity index (χ0n) is 69.3. The molecule has 120 heavy (non-hydrogen) atoms. The van der Waals surface area contributed by atoms with Crippen LogP contribution >= 0.6 is 0 Å². The molecule has 0 bridgehead atoms. The van der Waals surface area contributed by atoms with Gasteiger partial charge in [0.05, 0.1) is 0 Å². The van der Waals surface area contributed by atoms with Crippen LogP contribution in [0, 0.1) is 0 Å². The van der Waals surface area contributed by atoms with Crippen molar-refractivity contribution in [2.75, 3.05) is 81.8 Å². The topological polar surface area (TPSA) is 72.0 Å². The lowest BCUT2D eigenvalue weighted by Crippen LogP contribution is -2.47. The number of hydrogen-bond acceptors (Lipinski definition) is 8. The molecule has 0 radical (unpaired) electrons. The zero-order chi connectivity index (χ0) is 81.9. The Morgan fingerprint density at radius 2 is 0.433 bits per heavy atom. The third-order valence-electron chi connectivity index (χ3n) is 25.6. The first-order chi connectivity index (χ1) is 59.0. The summed E-state index contributed by atoms with van der Waals surface area (Å²) in [6.45, 7) is 24.2. The molecular weight excluding hydrogens is 1470 g/mol. The molecule has 4 heterocycles. The summed E-state index contributed by atoms with van der Waals surface area (Å²) in [6.07, 6.45) is 0. The van der Waals surface area contributed by atoms with E-state index in [0.29, 0.717) is 11.1 Å². The quantitative estimate of drug-likeness (QED) is 0.0665. The predicted molar refractivity (Wildman–Crippen MR) is 496 cm³/mol. The van der Waals surface area contributed by atoms with Gasteiger partial charge in [-0.25, -0.2) is 0 Å². The van der Waals surface area contributed by atoms with Gasteiger partial charge in [-0.05, 0) is 205 Å². The summed E-state index contributed by atoms with van der Waals surface area (Å²) in [5.41, 5.74) is 27.7. The van der Waals surface area contributed by atoms with Crippen LogP contribution in [0.1, 0.15) is 109 Å². The number of carbonyl (C=O) groups is 2. The average molecular weight is 1570 g/mol. The standard InChI is InChI=1S/C110H96N6O4/c1-9-111(10-2)85-61-65-93-97(69-85)119-98-70-86(112(11-3)12-4)62-66-94(98)109(93)91-43-31-29-41-89(91)107(117)115(109)83-57-53-75(54-58-83)73-45-49-81(50-46-73)105-103(79-37-25-19-26-38-79)101(77-33-21-17-22-34-77)102(78-35-23-18-24-36-78)104(80-39-27-20-28-40-80)106(105)82-51-47-74(48-52-82)76-55-59-84(60-56-76)116-108(118)90-42-30-32-44-92(90)110(116)95-67-63-87(113(13-5)14-6)71-99(95)120-100-72-88(64-68-96(100)110)114(15-7)16-8/h17-72H,9-16H2,1-8H3. The number of ether oxygens (including phenoxy) is 2. The molecule has 0 atom stereocenters. The zero-order valence-corrected chi connectivity index (χ0v) is 69.3. The van der Waals surface area contributed by atoms with E-state index in [0.717, 1.165) is 232 Å². The van der Waals surface area contributed by atoms with Crippen molar-refractivity contribution < 1.29 is 19.1 Å². The second-order valence-electron chi connectivity index (χ2n) is 31.4. The van der Waals surface area contributed by atoms with E-state index in [1.807, 2.05) is 34.1 Å². The Kier molecular flexibility index (Phi) is 19.9. The number of anilines is 6. The molecular formula is C110H96N6O4. The molecule has 0 saturated heterocycles. The van der Waals surface area contributed by atoms with Gasteiger partial charge in [-0.2, -0.15) is 0 Å². The van der Waals surface area contributed by atoms with E-state index < -0.39 is 11.1 Å². The highest BCUT2D eigenvalue weighted by atomic mass is 16.5. The van der Waals surface area contributed by atoms with Crippen LogP contribution in [0.3, 0.4) is 0 Å². The number of benzene rings is 15. The maximum Gasteiger partial charge on any atom is 0.260 e. The van der Waals surface area contributed by atoms with E-state index in [4.69, 9.17) is 9.47 Å². The minimum atomic E-state index is -1.06. The Bertz CT molecular complexity index is 5860. The van der Waals surface area contributed by atoms with E-state index in [1.165, 1.54) is 0 Å². The highest BCUT2D eigenvalue weighted by molar-refractivity contribution is 6.18. The number of hydrogen-bond donors (Lipinski definition) is 0. The van der Waals surface area contributed by atoms with Crippen molar-refractivity contribution in [3.63, 3.8) is 0 Å². The molecule has 4 aliphatic heterocycles. The fourth-order valence-corrected chi connectivity index (χ4v) is 19.9. The van der Waals surface area contributed by atoms with Gasteiger partial charge >= 0.3 is 0 Å². The van der Waals surface area contributed by atoms with Gasteiger partial charge in [0, 0.05) is 155 Å². The Hall–Kier alpha value is -14.0. The van der Waals surface area contributed by atoms with Gasteiger partial charge in [-0.15, -0.1) is 0 Å². The predicted octanol–water partition coefficient (Wildman–Crippen LogP) is 26.5. The first-order valence-electron chi connectivity index (χ1n) is 42.7. The van der Waals surface area contributed by atoms with Gasteiger partial charge in [0.25, 0.3) is 11.8 Å². The number of amides is 2. The largest absolute Gasteiger partial charge is 0.456 e. The number of fused-ring (bicyclic) bond motifs is 12. The molecule has 10 nitrogen and oxygen atoms in total. The van der Waals surface area contributed by atoms with Crippen LogP contribution in [0.15, 0.2) is 340 Å². The minimum Gasteiger partial charge on any atom is -0.456 e. The molecule has 15 aromatic carbocycles. The minimum absolute atomic E-state index is 0.0703. The van der Waals surface area contributed by atoms with Crippen molar-refractivity contribution in [3.05, 3.63) is 384 Å². The van der Waals surface area contributed by atoms with Crippen LogP contribution in [0.25, 0.3) is 89.0 Å². The first kappa shape index (κ1) is 76.0. The van der Waals surface area contributed by atoms with Crippen molar-refractivity contribution in [1.29, 1.82) is 0 Å². The average Bonchev–Trinajstić information content (AvgIpc) is 1.49. The van der Waals surface area contributed by atoms with E-state index in [2.05, 4.69) is 390 Å². The van der Waals surface area contributed by atoms with Gasteiger partial charge < -0.3 is 29.1 Å². The van der Waals surface area contributed by atoms with Crippen LogP contribution in [-0.4, -0.2) is 64.2 Å². The van der Waals surface area contributed by atoms with E-state index >= 15 is 9.59 Å². The summed E-state index contributed by atoms with van der Waals surface area (Å²) in [6, 6.07) is 122. The third-order valence-corrected chi connectivity index (χ3v) is 25.6. The molecule has 10 heteroatoms. The van der Waals surface area contributed by atoms with Crippen LogP contribution in [0.5, 0.6) is 23.0 Å². The van der Waals surface area contributed by atoms with Crippen LogP contribution in [-0.2, 0) is 11.1 Å². The Balaban J connectivity index is 0.753. The van der Waals surface area contributed by atoms with E-state index in [9.17, 15) is 0 Å². The molecule has 0 N–H and O–H groups in total. The molecule has 0 aliphatic carbocycles. The van der Waals surface area contributed by atoms with Gasteiger partial charge in [0.2, 0.25) is 0 Å². The number of carbonyl (C=O) groups excluding carboxylic acids is 2. The molecule has 0 saturated carbocycles. The molecule has 590 valence electrons. The third kappa shape index (κ3) is 12.3. The fraction of sp³-hybridized carbons (Fsp3) is 0.164. The summed E-state index contributed by atoms with van der Waals surface area (Å²) in [5.74, 6) is 2.79. The molecule has 19 rings (SSSR count). The van der Waals surface area contributed by atoms with Crippen LogP contribution < -0.4 is 38.9 Å². The lowest BCUT2D eigenvalue weighted by Gasteiger charge is -2.44. The first-order valence-corrected chi connectivity index (χ1v) is 42.7. The Morgan fingerprint density at radius 1 is 0.225 bits per heavy atom. The summed E-state index contributed by atoms with van der Waals surface area (Å²) < 4.78 is 14.2. The SMILES string of the molecule is CCN(CC)c1ccc2c(c1)Oc1cc(N(CC)CC)ccc1C21c2ccccc2C(=O)N1c1ccc(-c2ccc(-c3c(-c4ccccc4)c(-c4ccccc4)c(-c4ccccc4)c(-c4ccccc4)c3-c3ccc(-c4ccc(N5C(=O)c6ccccc6C56c5ccc(N(CC)CC)cc5Oc5cc(N(CC)CC)ccc56)cc4)cc3)cc2)cc1. The Morgan fingerprint density at radius 3 is 0.675 bits per heavy atom. The van der Waals surface area contributed by atoms with Gasteiger partial charge in [-0.3, -0.25) is 19.4 Å². The van der Waals surface area contributed by atoms with Crippen LogP contribution in [0.4, 0.5) is 34.1 Å². The van der Waals surface area contributed by atoms with E-state index in [-0.39, 0.29) is 11.8 Å². The smallest absolute Gasteiger partial charge is 0.260 e. The van der Waals surface area contributed by atoms with Crippen molar-refractivity contribution in [1.82, 2.24) is 0 Å². The van der Waals surface area contributed by atoms with Crippen molar-refractivity contribution in [2.45, 2.75) is 66.5 Å². The van der Waals surface area contributed by atoms with Crippen molar-refractivity contribution in [2.24, 2.45) is 0 Å². The van der Waals surface area contributed by atoms with Crippen molar-refractivity contribution >= 4 is 45.9 Å². The van der Waals surface area contributed by atoms with Gasteiger partial charge in [0.1, 0.15) is 34.1 Å².